The summed E-state index contributed by atoms with van der Waals surface area (Å²) in [6, 6.07) is 24.6. The van der Waals surface area contributed by atoms with Crippen molar-refractivity contribution in [1.82, 2.24) is 4.90 Å². The van der Waals surface area contributed by atoms with Crippen LogP contribution in [0, 0.1) is 0 Å². The van der Waals surface area contributed by atoms with Crippen LogP contribution >= 0.6 is 0 Å². The molecule has 1 fully saturated rings. The van der Waals surface area contributed by atoms with Crippen molar-refractivity contribution in [2.45, 2.75) is 18.6 Å². The van der Waals surface area contributed by atoms with Gasteiger partial charge in [0.15, 0.2) is 5.60 Å². The van der Waals surface area contributed by atoms with Crippen molar-refractivity contribution >= 4 is 11.9 Å². The lowest BCUT2D eigenvalue weighted by Crippen LogP contribution is -2.34. The molecule has 150 valence electrons. The van der Waals surface area contributed by atoms with E-state index >= 15 is 0 Å². The minimum atomic E-state index is -0.720. The summed E-state index contributed by atoms with van der Waals surface area (Å²) in [5.41, 5.74) is 2.45. The molecule has 0 saturated carbocycles. The van der Waals surface area contributed by atoms with E-state index in [2.05, 4.69) is 0 Å². The van der Waals surface area contributed by atoms with E-state index < -0.39 is 5.60 Å². The fourth-order valence-electron chi connectivity index (χ4n) is 4.22. The number of carbonyl (C=O) groups is 2. The Bertz CT molecular complexity index is 1090. The molecule has 30 heavy (non-hydrogen) atoms. The maximum absolute atomic E-state index is 13.0. The lowest BCUT2D eigenvalue weighted by Gasteiger charge is -2.24. The summed E-state index contributed by atoms with van der Waals surface area (Å²) in [5.74, 6) is 0.341. The second-order valence-electron chi connectivity index (χ2n) is 7.70. The summed E-state index contributed by atoms with van der Waals surface area (Å²) in [4.78, 5) is 27.0. The zero-order chi connectivity index (χ0) is 20.6. The van der Waals surface area contributed by atoms with Crippen molar-refractivity contribution in [2.24, 2.45) is 0 Å². The predicted octanol–water partition coefficient (Wildman–Crippen LogP) is 4.18. The Morgan fingerprint density at radius 1 is 0.967 bits per heavy atom. The maximum atomic E-state index is 13.0. The first-order valence-corrected chi connectivity index (χ1v) is 10.0. The second kappa shape index (κ2) is 7.34. The van der Waals surface area contributed by atoms with Crippen LogP contribution in [0.1, 0.15) is 38.3 Å². The number of likely N-dealkylation sites (tertiary alicyclic amines) is 1. The number of rotatable bonds is 4. The van der Waals surface area contributed by atoms with E-state index in [-0.39, 0.29) is 11.9 Å². The van der Waals surface area contributed by atoms with Crippen molar-refractivity contribution in [3.8, 4) is 5.75 Å². The Morgan fingerprint density at radius 2 is 1.70 bits per heavy atom. The van der Waals surface area contributed by atoms with Gasteiger partial charge in [-0.2, -0.15) is 0 Å². The van der Waals surface area contributed by atoms with Gasteiger partial charge in [0.25, 0.3) is 5.91 Å². The van der Waals surface area contributed by atoms with Gasteiger partial charge in [-0.05, 0) is 35.9 Å². The third-order valence-electron chi connectivity index (χ3n) is 5.79. The van der Waals surface area contributed by atoms with Crippen LogP contribution in [0.25, 0.3) is 0 Å². The number of esters is 1. The van der Waals surface area contributed by atoms with E-state index in [1.807, 2.05) is 60.7 Å². The number of ether oxygens (including phenoxy) is 2. The molecule has 5 nitrogen and oxygen atoms in total. The van der Waals surface area contributed by atoms with Gasteiger partial charge in [-0.15, -0.1) is 0 Å². The number of amides is 1. The van der Waals surface area contributed by atoms with Crippen LogP contribution in [0.2, 0.25) is 0 Å². The van der Waals surface area contributed by atoms with Crippen LogP contribution in [0.3, 0.4) is 0 Å². The highest BCUT2D eigenvalue weighted by molar-refractivity contribution is 5.96. The first kappa shape index (κ1) is 18.4. The SMILES string of the molecule is O=C1O[C@]2(CCN(C(=O)c3ccc(OCc4ccccc4)cc3)C2)c2ccccc21. The summed E-state index contributed by atoms with van der Waals surface area (Å²) < 4.78 is 11.5. The fraction of sp³-hybridized carbons (Fsp3) is 0.200. The number of benzene rings is 3. The highest BCUT2D eigenvalue weighted by Gasteiger charge is 2.50. The number of nitrogens with zero attached hydrogens (tertiary/aromatic N) is 1. The third-order valence-corrected chi connectivity index (χ3v) is 5.79. The minimum Gasteiger partial charge on any atom is -0.489 e. The number of carbonyl (C=O) groups excluding carboxylic acids is 2. The largest absolute Gasteiger partial charge is 0.489 e. The molecule has 0 radical (unpaired) electrons. The molecule has 0 aliphatic carbocycles. The topological polar surface area (TPSA) is 55.8 Å². The monoisotopic (exact) mass is 399 g/mol. The summed E-state index contributed by atoms with van der Waals surface area (Å²) >= 11 is 0. The highest BCUT2D eigenvalue weighted by Crippen LogP contribution is 2.43. The Hall–Kier alpha value is -3.60. The molecule has 0 unspecified atom stereocenters. The van der Waals surface area contributed by atoms with Crippen molar-refractivity contribution < 1.29 is 19.1 Å². The molecule has 1 amide bonds. The molecular weight excluding hydrogens is 378 g/mol. The lowest BCUT2D eigenvalue weighted by molar-refractivity contribution is -0.00306. The van der Waals surface area contributed by atoms with Crippen LogP contribution in [-0.2, 0) is 16.9 Å². The van der Waals surface area contributed by atoms with E-state index in [0.717, 1.165) is 11.1 Å². The van der Waals surface area contributed by atoms with Gasteiger partial charge in [0.05, 0.1) is 12.1 Å². The van der Waals surface area contributed by atoms with Gasteiger partial charge in [0.2, 0.25) is 0 Å². The number of hydrogen-bond donors (Lipinski definition) is 0. The zero-order valence-electron chi connectivity index (χ0n) is 16.4. The zero-order valence-corrected chi connectivity index (χ0v) is 16.4. The van der Waals surface area contributed by atoms with Gasteiger partial charge in [0.1, 0.15) is 12.4 Å². The minimum absolute atomic E-state index is 0.0677. The molecule has 3 aromatic rings. The average Bonchev–Trinajstić information content (AvgIpc) is 3.34. The van der Waals surface area contributed by atoms with Gasteiger partial charge < -0.3 is 14.4 Å². The Morgan fingerprint density at radius 3 is 2.50 bits per heavy atom. The summed E-state index contributed by atoms with van der Waals surface area (Å²) in [5, 5.41) is 0. The Kier molecular flexibility index (Phi) is 4.51. The molecule has 1 spiro atoms. The van der Waals surface area contributed by atoms with Crippen molar-refractivity contribution in [3.63, 3.8) is 0 Å². The Balaban J connectivity index is 1.26. The molecule has 5 rings (SSSR count). The highest BCUT2D eigenvalue weighted by atomic mass is 16.6. The van der Waals surface area contributed by atoms with Crippen LogP contribution in [0.5, 0.6) is 5.75 Å². The van der Waals surface area contributed by atoms with Crippen molar-refractivity contribution in [2.75, 3.05) is 13.1 Å². The molecule has 2 aliphatic rings. The smallest absolute Gasteiger partial charge is 0.339 e. The van der Waals surface area contributed by atoms with Gasteiger partial charge in [0, 0.05) is 24.1 Å². The first-order valence-electron chi connectivity index (χ1n) is 10.0. The molecular formula is C25H21NO4. The molecule has 2 aliphatic heterocycles. The average molecular weight is 399 g/mol. The molecule has 3 aromatic carbocycles. The van der Waals surface area contributed by atoms with E-state index in [1.165, 1.54) is 0 Å². The third kappa shape index (κ3) is 3.22. The predicted molar refractivity (Wildman–Crippen MR) is 111 cm³/mol. The first-order chi connectivity index (χ1) is 14.6. The molecule has 2 heterocycles. The standard InChI is InChI=1S/C25H21NO4/c27-23(19-10-12-20(13-11-19)29-16-18-6-2-1-3-7-18)26-15-14-25(17-26)22-9-5-4-8-21(22)24(28)30-25/h1-13H,14-17H2/t25-/m0/s1. The quantitative estimate of drug-likeness (QED) is 0.618. The number of hydrogen-bond acceptors (Lipinski definition) is 4. The molecule has 1 saturated heterocycles. The lowest BCUT2D eigenvalue weighted by atomic mass is 9.91. The van der Waals surface area contributed by atoms with Crippen molar-refractivity contribution in [1.29, 1.82) is 0 Å². The van der Waals surface area contributed by atoms with E-state index in [4.69, 9.17) is 9.47 Å². The molecule has 1 atom stereocenters. The number of fused-ring (bicyclic) bond motifs is 2. The summed E-state index contributed by atoms with van der Waals surface area (Å²) in [6.07, 6.45) is 0.611. The Labute approximate surface area is 174 Å². The van der Waals surface area contributed by atoms with E-state index in [1.54, 1.807) is 23.1 Å². The van der Waals surface area contributed by atoms with E-state index in [0.29, 0.717) is 43.0 Å². The normalized spacial score (nSPS) is 19.6. The second-order valence-corrected chi connectivity index (χ2v) is 7.70. The van der Waals surface area contributed by atoms with Gasteiger partial charge in [-0.1, -0.05) is 48.5 Å². The fourth-order valence-corrected chi connectivity index (χ4v) is 4.22. The molecule has 5 heteroatoms. The van der Waals surface area contributed by atoms with Crippen LogP contribution in [-0.4, -0.2) is 29.9 Å². The van der Waals surface area contributed by atoms with E-state index in [9.17, 15) is 9.59 Å². The summed E-state index contributed by atoms with van der Waals surface area (Å²) in [6.45, 7) is 1.40. The molecule has 0 bridgehead atoms. The van der Waals surface area contributed by atoms with Gasteiger partial charge >= 0.3 is 5.97 Å². The van der Waals surface area contributed by atoms with Gasteiger partial charge in [-0.25, -0.2) is 4.79 Å². The maximum Gasteiger partial charge on any atom is 0.339 e. The van der Waals surface area contributed by atoms with Gasteiger partial charge in [-0.3, -0.25) is 4.79 Å². The van der Waals surface area contributed by atoms with Crippen molar-refractivity contribution in [3.05, 3.63) is 101 Å². The van der Waals surface area contributed by atoms with Crippen LogP contribution in [0.15, 0.2) is 78.9 Å². The molecule has 0 aromatic heterocycles. The summed E-state index contributed by atoms with van der Waals surface area (Å²) in [7, 11) is 0. The van der Waals surface area contributed by atoms with Crippen LogP contribution < -0.4 is 4.74 Å². The van der Waals surface area contributed by atoms with Crippen LogP contribution in [0.4, 0.5) is 0 Å². The molecule has 0 N–H and O–H groups in total.